The van der Waals surface area contributed by atoms with Crippen molar-refractivity contribution in [2.24, 2.45) is 0 Å². The standard InChI is InChI=1S/C20H26ClN3O/c1-5-24(13-16-6-8-17(21)9-7-16)14-20(25)22-18-10-11-19(23(3)4)15(2)12-18/h6-12H,5,13-14H2,1-4H3,(H,22,25). The molecule has 0 aliphatic carbocycles. The van der Waals surface area contributed by atoms with Crippen molar-refractivity contribution in [1.82, 2.24) is 4.90 Å². The maximum Gasteiger partial charge on any atom is 0.238 e. The van der Waals surface area contributed by atoms with Crippen LogP contribution in [0, 0.1) is 6.92 Å². The van der Waals surface area contributed by atoms with Crippen LogP contribution in [-0.2, 0) is 11.3 Å². The van der Waals surface area contributed by atoms with Crippen LogP contribution < -0.4 is 10.2 Å². The second-order valence-corrected chi connectivity index (χ2v) is 6.81. The van der Waals surface area contributed by atoms with E-state index in [2.05, 4.69) is 22.0 Å². The quantitative estimate of drug-likeness (QED) is 0.805. The van der Waals surface area contributed by atoms with Crippen molar-refractivity contribution in [3.05, 3.63) is 58.6 Å². The van der Waals surface area contributed by atoms with Crippen LogP contribution in [0.15, 0.2) is 42.5 Å². The summed E-state index contributed by atoms with van der Waals surface area (Å²) >= 11 is 5.92. The Balaban J connectivity index is 1.95. The Morgan fingerprint density at radius 3 is 2.36 bits per heavy atom. The van der Waals surface area contributed by atoms with Crippen LogP contribution in [0.25, 0.3) is 0 Å². The molecule has 0 aliphatic heterocycles. The first-order chi connectivity index (χ1) is 11.9. The number of carbonyl (C=O) groups is 1. The van der Waals surface area contributed by atoms with Crippen LogP contribution in [0.1, 0.15) is 18.1 Å². The lowest BCUT2D eigenvalue weighted by Gasteiger charge is -2.20. The van der Waals surface area contributed by atoms with E-state index in [1.54, 1.807) is 0 Å². The molecule has 1 amide bonds. The SMILES string of the molecule is CCN(CC(=O)Nc1ccc(N(C)C)c(C)c1)Cc1ccc(Cl)cc1. The molecule has 2 aromatic carbocycles. The Labute approximate surface area is 155 Å². The van der Waals surface area contributed by atoms with E-state index in [0.717, 1.165) is 40.6 Å². The van der Waals surface area contributed by atoms with Gasteiger partial charge in [-0.15, -0.1) is 0 Å². The first-order valence-corrected chi connectivity index (χ1v) is 8.81. The average Bonchev–Trinajstić information content (AvgIpc) is 2.55. The highest BCUT2D eigenvalue weighted by Gasteiger charge is 2.11. The van der Waals surface area contributed by atoms with E-state index in [1.807, 2.05) is 63.5 Å². The smallest absolute Gasteiger partial charge is 0.238 e. The summed E-state index contributed by atoms with van der Waals surface area (Å²) in [4.78, 5) is 16.5. The molecule has 2 rings (SSSR count). The molecule has 0 aliphatic rings. The van der Waals surface area contributed by atoms with Crippen LogP contribution >= 0.6 is 11.6 Å². The van der Waals surface area contributed by atoms with Gasteiger partial charge in [-0.25, -0.2) is 0 Å². The molecular weight excluding hydrogens is 334 g/mol. The van der Waals surface area contributed by atoms with Crippen molar-refractivity contribution in [1.29, 1.82) is 0 Å². The molecule has 1 N–H and O–H groups in total. The highest BCUT2D eigenvalue weighted by Crippen LogP contribution is 2.21. The Morgan fingerprint density at radius 1 is 1.12 bits per heavy atom. The number of aryl methyl sites for hydroxylation is 1. The number of carbonyl (C=O) groups excluding carboxylic acids is 1. The van der Waals surface area contributed by atoms with Gasteiger partial charge in [0.05, 0.1) is 6.54 Å². The van der Waals surface area contributed by atoms with Crippen molar-refractivity contribution in [3.8, 4) is 0 Å². The van der Waals surface area contributed by atoms with E-state index < -0.39 is 0 Å². The number of nitrogens with one attached hydrogen (secondary N) is 1. The summed E-state index contributed by atoms with van der Waals surface area (Å²) < 4.78 is 0. The van der Waals surface area contributed by atoms with Crippen molar-refractivity contribution in [2.75, 3.05) is 37.4 Å². The topological polar surface area (TPSA) is 35.6 Å². The predicted octanol–water partition coefficient (Wildman–Crippen LogP) is 4.18. The van der Waals surface area contributed by atoms with Crippen LogP contribution in [0.3, 0.4) is 0 Å². The summed E-state index contributed by atoms with van der Waals surface area (Å²) in [6.07, 6.45) is 0. The van der Waals surface area contributed by atoms with Gasteiger partial charge in [0.2, 0.25) is 5.91 Å². The number of halogens is 1. The van der Waals surface area contributed by atoms with E-state index in [0.29, 0.717) is 6.54 Å². The zero-order valence-corrected chi connectivity index (χ0v) is 16.1. The number of hydrogen-bond acceptors (Lipinski definition) is 3. The molecule has 5 heteroatoms. The summed E-state index contributed by atoms with van der Waals surface area (Å²) in [6.45, 7) is 5.98. The fourth-order valence-electron chi connectivity index (χ4n) is 2.77. The van der Waals surface area contributed by atoms with Crippen LogP contribution in [0.5, 0.6) is 0 Å². The lowest BCUT2D eigenvalue weighted by atomic mass is 10.1. The van der Waals surface area contributed by atoms with Gasteiger partial charge >= 0.3 is 0 Å². The molecule has 0 aromatic heterocycles. The van der Waals surface area contributed by atoms with Crippen molar-refractivity contribution in [2.45, 2.75) is 20.4 Å². The average molecular weight is 360 g/mol. The Hall–Kier alpha value is -2.04. The van der Waals surface area contributed by atoms with Gasteiger partial charge in [-0.1, -0.05) is 30.7 Å². The summed E-state index contributed by atoms with van der Waals surface area (Å²) in [5.41, 5.74) is 4.26. The third-order valence-electron chi connectivity index (χ3n) is 4.10. The molecule has 134 valence electrons. The van der Waals surface area contributed by atoms with Crippen molar-refractivity contribution >= 4 is 28.9 Å². The number of anilines is 2. The van der Waals surface area contributed by atoms with Gasteiger partial charge in [-0.3, -0.25) is 9.69 Å². The van der Waals surface area contributed by atoms with E-state index in [9.17, 15) is 4.79 Å². The lowest BCUT2D eigenvalue weighted by molar-refractivity contribution is -0.117. The van der Waals surface area contributed by atoms with Gasteiger partial charge in [-0.2, -0.15) is 0 Å². The highest BCUT2D eigenvalue weighted by molar-refractivity contribution is 6.30. The first kappa shape index (κ1) is 19.3. The molecule has 0 fully saturated rings. The normalized spacial score (nSPS) is 10.8. The highest BCUT2D eigenvalue weighted by atomic mass is 35.5. The third kappa shape index (κ3) is 5.76. The largest absolute Gasteiger partial charge is 0.377 e. The number of benzene rings is 2. The van der Waals surface area contributed by atoms with Gasteiger partial charge < -0.3 is 10.2 Å². The monoisotopic (exact) mass is 359 g/mol. The summed E-state index contributed by atoms with van der Waals surface area (Å²) in [6, 6.07) is 13.7. The third-order valence-corrected chi connectivity index (χ3v) is 4.35. The summed E-state index contributed by atoms with van der Waals surface area (Å²) in [5, 5.41) is 3.71. The molecule has 0 unspecified atom stereocenters. The van der Waals surface area contributed by atoms with E-state index in [-0.39, 0.29) is 5.91 Å². The van der Waals surface area contributed by atoms with Crippen molar-refractivity contribution in [3.63, 3.8) is 0 Å². The Kier molecular flexibility index (Phi) is 6.85. The Bertz CT molecular complexity index is 713. The zero-order chi connectivity index (χ0) is 18.4. The minimum absolute atomic E-state index is 0.00665. The van der Waals surface area contributed by atoms with E-state index in [4.69, 9.17) is 11.6 Å². The zero-order valence-electron chi connectivity index (χ0n) is 15.3. The van der Waals surface area contributed by atoms with Crippen molar-refractivity contribution < 1.29 is 4.79 Å². The molecule has 0 bridgehead atoms. The molecule has 2 aromatic rings. The molecule has 0 heterocycles. The fourth-order valence-corrected chi connectivity index (χ4v) is 2.89. The van der Waals surface area contributed by atoms with Gasteiger partial charge in [0.1, 0.15) is 0 Å². The minimum Gasteiger partial charge on any atom is -0.377 e. The van der Waals surface area contributed by atoms with Crippen LogP contribution in [0.4, 0.5) is 11.4 Å². The number of amides is 1. The predicted molar refractivity (Wildman–Crippen MR) is 107 cm³/mol. The second kappa shape index (κ2) is 8.88. The van der Waals surface area contributed by atoms with Gasteiger partial charge in [0, 0.05) is 37.0 Å². The lowest BCUT2D eigenvalue weighted by Crippen LogP contribution is -2.32. The molecule has 0 spiro atoms. The van der Waals surface area contributed by atoms with Gasteiger partial charge in [0.15, 0.2) is 0 Å². The second-order valence-electron chi connectivity index (χ2n) is 6.37. The number of nitrogens with zero attached hydrogens (tertiary/aromatic N) is 2. The molecule has 0 saturated heterocycles. The number of likely N-dealkylation sites (N-methyl/N-ethyl adjacent to an activating group) is 1. The Morgan fingerprint density at radius 2 is 1.80 bits per heavy atom. The van der Waals surface area contributed by atoms with Crippen LogP contribution in [-0.4, -0.2) is 38.0 Å². The molecule has 25 heavy (non-hydrogen) atoms. The fraction of sp³-hybridized carbons (Fsp3) is 0.350. The minimum atomic E-state index is -0.00665. The van der Waals surface area contributed by atoms with E-state index >= 15 is 0 Å². The number of hydrogen-bond donors (Lipinski definition) is 1. The molecule has 0 radical (unpaired) electrons. The molecular formula is C20H26ClN3O. The van der Waals surface area contributed by atoms with Gasteiger partial charge in [-0.05, 0) is 54.9 Å². The molecule has 0 saturated carbocycles. The first-order valence-electron chi connectivity index (χ1n) is 8.43. The summed E-state index contributed by atoms with van der Waals surface area (Å²) in [5.74, 6) is -0.00665. The number of rotatable bonds is 7. The van der Waals surface area contributed by atoms with Gasteiger partial charge in [0.25, 0.3) is 0 Å². The maximum atomic E-state index is 12.4. The molecule has 0 atom stereocenters. The summed E-state index contributed by atoms with van der Waals surface area (Å²) in [7, 11) is 4.02. The van der Waals surface area contributed by atoms with Crippen LogP contribution in [0.2, 0.25) is 5.02 Å². The molecule has 4 nitrogen and oxygen atoms in total. The van der Waals surface area contributed by atoms with E-state index in [1.165, 1.54) is 0 Å². The maximum absolute atomic E-state index is 12.4.